The van der Waals surface area contributed by atoms with Gasteiger partial charge in [-0.1, -0.05) is 37.2 Å². The first-order valence-electron chi connectivity index (χ1n) is 5.83. The van der Waals surface area contributed by atoms with Crippen molar-refractivity contribution in [2.45, 2.75) is 26.2 Å². The minimum Gasteiger partial charge on any atom is -0.389 e. The van der Waals surface area contributed by atoms with E-state index in [0.717, 1.165) is 17.8 Å². The fourth-order valence-corrected chi connectivity index (χ4v) is 2.61. The Morgan fingerprint density at radius 3 is 2.71 bits per heavy atom. The van der Waals surface area contributed by atoms with Crippen molar-refractivity contribution in [3.05, 3.63) is 28.8 Å². The second-order valence-corrected chi connectivity index (χ2v) is 5.92. The molecule has 4 heteroatoms. The van der Waals surface area contributed by atoms with Crippen LogP contribution in [0.3, 0.4) is 0 Å². The summed E-state index contributed by atoms with van der Waals surface area (Å²) in [6.07, 6.45) is 3.96. The molecule has 3 N–H and O–H groups in total. The molecular weight excluding hydrogens is 252 g/mol. The Morgan fingerprint density at radius 1 is 1.53 bits per heavy atom. The van der Waals surface area contributed by atoms with Crippen LogP contribution in [0.2, 0.25) is 5.02 Å². The molecule has 92 valence electrons. The summed E-state index contributed by atoms with van der Waals surface area (Å²) in [5.41, 5.74) is 7.79. The van der Waals surface area contributed by atoms with E-state index in [9.17, 15) is 0 Å². The van der Waals surface area contributed by atoms with E-state index in [1.807, 2.05) is 18.2 Å². The van der Waals surface area contributed by atoms with Crippen LogP contribution in [-0.2, 0) is 0 Å². The molecule has 1 aromatic carbocycles. The summed E-state index contributed by atoms with van der Waals surface area (Å²) in [4.78, 5) is 0.340. The van der Waals surface area contributed by atoms with E-state index in [0.29, 0.717) is 15.4 Å². The lowest BCUT2D eigenvalue weighted by atomic mass is 9.70. The summed E-state index contributed by atoms with van der Waals surface area (Å²) in [7, 11) is 0. The first-order chi connectivity index (χ1) is 8.00. The molecule has 0 saturated heterocycles. The molecule has 17 heavy (non-hydrogen) atoms. The minimum absolute atomic E-state index is 0.340. The van der Waals surface area contributed by atoms with Gasteiger partial charge in [0.15, 0.2) is 0 Å². The lowest BCUT2D eigenvalue weighted by Crippen LogP contribution is -2.33. The quantitative estimate of drug-likeness (QED) is 0.820. The number of benzene rings is 1. The molecule has 0 aromatic heterocycles. The first-order valence-corrected chi connectivity index (χ1v) is 6.62. The van der Waals surface area contributed by atoms with E-state index in [1.54, 1.807) is 0 Å². The standard InChI is InChI=1S/C13H17ClN2S/c1-13(5-2-6-13)8-16-9-3-4-10(12(15)17)11(14)7-9/h3-4,7,16H,2,5-6,8H2,1H3,(H2,15,17). The normalized spacial score (nSPS) is 17.3. The number of anilines is 1. The molecule has 1 fully saturated rings. The largest absolute Gasteiger partial charge is 0.389 e. The molecule has 0 atom stereocenters. The molecule has 0 bridgehead atoms. The van der Waals surface area contributed by atoms with Gasteiger partial charge in [0.2, 0.25) is 0 Å². The van der Waals surface area contributed by atoms with Gasteiger partial charge in [0.05, 0.1) is 5.02 Å². The van der Waals surface area contributed by atoms with E-state index < -0.39 is 0 Å². The van der Waals surface area contributed by atoms with E-state index in [1.165, 1.54) is 19.3 Å². The summed E-state index contributed by atoms with van der Waals surface area (Å²) in [6.45, 7) is 3.31. The number of halogens is 1. The van der Waals surface area contributed by atoms with Crippen molar-refractivity contribution in [1.82, 2.24) is 0 Å². The Hall–Kier alpha value is -0.800. The highest BCUT2D eigenvalue weighted by atomic mass is 35.5. The van der Waals surface area contributed by atoms with Crippen LogP contribution in [0.5, 0.6) is 0 Å². The van der Waals surface area contributed by atoms with Crippen LogP contribution < -0.4 is 11.1 Å². The molecule has 0 aliphatic heterocycles. The Labute approximate surface area is 113 Å². The zero-order chi connectivity index (χ0) is 12.5. The highest BCUT2D eigenvalue weighted by Gasteiger charge is 2.31. The fraction of sp³-hybridized carbons (Fsp3) is 0.462. The second-order valence-electron chi connectivity index (χ2n) is 5.08. The van der Waals surface area contributed by atoms with Crippen LogP contribution in [0.4, 0.5) is 5.69 Å². The Balaban J connectivity index is 2.02. The molecule has 0 radical (unpaired) electrons. The minimum atomic E-state index is 0.340. The Morgan fingerprint density at radius 2 is 2.24 bits per heavy atom. The Kier molecular flexibility index (Phi) is 3.59. The predicted molar refractivity (Wildman–Crippen MR) is 77.8 cm³/mol. The molecule has 1 aliphatic rings. The van der Waals surface area contributed by atoms with Gasteiger partial charge in [-0.05, 0) is 36.5 Å². The van der Waals surface area contributed by atoms with Crippen LogP contribution >= 0.6 is 23.8 Å². The van der Waals surface area contributed by atoms with Crippen molar-refractivity contribution >= 4 is 34.5 Å². The van der Waals surface area contributed by atoms with Gasteiger partial charge >= 0.3 is 0 Å². The van der Waals surface area contributed by atoms with Gasteiger partial charge in [-0.2, -0.15) is 0 Å². The van der Waals surface area contributed by atoms with Gasteiger partial charge in [0, 0.05) is 17.8 Å². The van der Waals surface area contributed by atoms with Crippen LogP contribution in [0.1, 0.15) is 31.7 Å². The molecule has 0 amide bonds. The van der Waals surface area contributed by atoms with Crippen LogP contribution in [0, 0.1) is 5.41 Å². The van der Waals surface area contributed by atoms with Gasteiger partial charge in [-0.15, -0.1) is 0 Å². The molecule has 2 rings (SSSR count). The summed E-state index contributed by atoms with van der Waals surface area (Å²) >= 11 is 11.0. The molecule has 0 spiro atoms. The van der Waals surface area contributed by atoms with Gasteiger partial charge in [-0.25, -0.2) is 0 Å². The van der Waals surface area contributed by atoms with E-state index in [4.69, 9.17) is 29.6 Å². The third-order valence-corrected chi connectivity index (χ3v) is 4.05. The molecule has 0 unspecified atom stereocenters. The van der Waals surface area contributed by atoms with E-state index in [2.05, 4.69) is 12.2 Å². The number of rotatable bonds is 4. The maximum atomic E-state index is 6.11. The lowest BCUT2D eigenvalue weighted by molar-refractivity contribution is 0.180. The summed E-state index contributed by atoms with van der Waals surface area (Å²) in [5.74, 6) is 0. The van der Waals surface area contributed by atoms with E-state index in [-0.39, 0.29) is 0 Å². The molecule has 1 saturated carbocycles. The number of thiocarbonyl (C=S) groups is 1. The summed E-state index contributed by atoms with van der Waals surface area (Å²) in [5, 5.41) is 4.04. The molecule has 1 aromatic rings. The van der Waals surface area contributed by atoms with Gasteiger partial charge in [-0.3, -0.25) is 0 Å². The van der Waals surface area contributed by atoms with Gasteiger partial charge < -0.3 is 11.1 Å². The lowest BCUT2D eigenvalue weighted by Gasteiger charge is -2.38. The summed E-state index contributed by atoms with van der Waals surface area (Å²) in [6, 6.07) is 5.73. The monoisotopic (exact) mass is 268 g/mol. The van der Waals surface area contributed by atoms with Crippen LogP contribution in [0.25, 0.3) is 0 Å². The number of hydrogen-bond acceptors (Lipinski definition) is 2. The number of hydrogen-bond donors (Lipinski definition) is 2. The number of nitrogens with one attached hydrogen (secondary N) is 1. The van der Waals surface area contributed by atoms with Crippen molar-refractivity contribution in [1.29, 1.82) is 0 Å². The summed E-state index contributed by atoms with van der Waals surface area (Å²) < 4.78 is 0. The SMILES string of the molecule is CC1(CNc2ccc(C(N)=S)c(Cl)c2)CCC1. The fourth-order valence-electron chi connectivity index (χ4n) is 2.10. The maximum absolute atomic E-state index is 6.11. The molecule has 2 nitrogen and oxygen atoms in total. The third-order valence-electron chi connectivity index (χ3n) is 3.51. The molecular formula is C13H17ClN2S. The van der Waals surface area contributed by atoms with Crippen LogP contribution in [0.15, 0.2) is 18.2 Å². The Bertz CT molecular complexity index is 441. The topological polar surface area (TPSA) is 38.0 Å². The average molecular weight is 269 g/mol. The smallest absolute Gasteiger partial charge is 0.105 e. The highest BCUT2D eigenvalue weighted by molar-refractivity contribution is 7.80. The average Bonchev–Trinajstić information content (AvgIpc) is 2.23. The van der Waals surface area contributed by atoms with Crippen molar-refractivity contribution in [2.75, 3.05) is 11.9 Å². The molecule has 1 aliphatic carbocycles. The zero-order valence-corrected chi connectivity index (χ0v) is 11.5. The van der Waals surface area contributed by atoms with Crippen molar-refractivity contribution in [3.8, 4) is 0 Å². The van der Waals surface area contributed by atoms with Gasteiger partial charge in [0.1, 0.15) is 4.99 Å². The first kappa shape index (κ1) is 12.7. The van der Waals surface area contributed by atoms with Crippen molar-refractivity contribution < 1.29 is 0 Å². The number of nitrogens with two attached hydrogens (primary N) is 1. The zero-order valence-electron chi connectivity index (χ0n) is 9.92. The second kappa shape index (κ2) is 4.83. The van der Waals surface area contributed by atoms with Gasteiger partial charge in [0.25, 0.3) is 0 Å². The predicted octanol–water partition coefficient (Wildman–Crippen LogP) is 3.58. The van der Waals surface area contributed by atoms with Crippen molar-refractivity contribution in [2.24, 2.45) is 11.1 Å². The van der Waals surface area contributed by atoms with Crippen molar-refractivity contribution in [3.63, 3.8) is 0 Å². The molecule has 0 heterocycles. The van der Waals surface area contributed by atoms with Crippen LogP contribution in [-0.4, -0.2) is 11.5 Å². The van der Waals surface area contributed by atoms with E-state index >= 15 is 0 Å². The third kappa shape index (κ3) is 2.90. The maximum Gasteiger partial charge on any atom is 0.105 e. The highest BCUT2D eigenvalue weighted by Crippen LogP contribution is 2.40.